The van der Waals surface area contributed by atoms with Crippen LogP contribution in [0.15, 0.2) is 24.3 Å². The van der Waals surface area contributed by atoms with Crippen LogP contribution in [-0.4, -0.2) is 17.0 Å². The third kappa shape index (κ3) is 3.28. The first-order valence-corrected chi connectivity index (χ1v) is 7.52. The van der Waals surface area contributed by atoms with Gasteiger partial charge in [-0.15, -0.1) is 0 Å². The molecule has 1 N–H and O–H groups in total. The molecule has 3 heteroatoms. The van der Waals surface area contributed by atoms with Crippen LogP contribution in [0.4, 0.5) is 5.69 Å². The minimum atomic E-state index is 0.642. The molecule has 0 amide bonds. The van der Waals surface area contributed by atoms with E-state index in [2.05, 4.69) is 70.9 Å². The predicted octanol–water partition coefficient (Wildman–Crippen LogP) is 3.99. The molecule has 1 fully saturated rings. The number of hydrogen-bond donors (Lipinski definition) is 1. The first kappa shape index (κ1) is 11.6. The highest BCUT2D eigenvalue weighted by atomic mass is 127. The van der Waals surface area contributed by atoms with E-state index in [0.717, 1.165) is 5.25 Å². The van der Waals surface area contributed by atoms with Crippen molar-refractivity contribution in [3.05, 3.63) is 27.8 Å². The van der Waals surface area contributed by atoms with Crippen molar-refractivity contribution in [3.8, 4) is 0 Å². The SMILES string of the molecule is CC1SCCCC1Nc1ccc(I)cc1. The van der Waals surface area contributed by atoms with Gasteiger partial charge in [-0.3, -0.25) is 0 Å². The van der Waals surface area contributed by atoms with Crippen LogP contribution >= 0.6 is 34.4 Å². The first-order valence-electron chi connectivity index (χ1n) is 5.39. The summed E-state index contributed by atoms with van der Waals surface area (Å²) in [5.74, 6) is 1.33. The van der Waals surface area contributed by atoms with Gasteiger partial charge < -0.3 is 5.32 Å². The van der Waals surface area contributed by atoms with E-state index >= 15 is 0 Å². The molecule has 15 heavy (non-hydrogen) atoms. The van der Waals surface area contributed by atoms with Crippen LogP contribution in [0, 0.1) is 3.57 Å². The van der Waals surface area contributed by atoms with E-state index in [-0.39, 0.29) is 0 Å². The molecule has 1 aromatic carbocycles. The molecule has 0 bridgehead atoms. The fraction of sp³-hybridized carbons (Fsp3) is 0.500. The van der Waals surface area contributed by atoms with Crippen molar-refractivity contribution >= 4 is 40.0 Å². The van der Waals surface area contributed by atoms with Gasteiger partial charge in [0.15, 0.2) is 0 Å². The van der Waals surface area contributed by atoms with Gasteiger partial charge in [0.2, 0.25) is 0 Å². The summed E-state index contributed by atoms with van der Waals surface area (Å²) in [7, 11) is 0. The smallest absolute Gasteiger partial charge is 0.0377 e. The molecule has 0 spiro atoms. The van der Waals surface area contributed by atoms with Gasteiger partial charge in [0, 0.05) is 20.5 Å². The molecule has 1 aromatic rings. The van der Waals surface area contributed by atoms with E-state index in [4.69, 9.17) is 0 Å². The number of benzene rings is 1. The lowest BCUT2D eigenvalue weighted by Gasteiger charge is -2.29. The molecule has 2 rings (SSSR count). The van der Waals surface area contributed by atoms with E-state index in [1.807, 2.05) is 0 Å². The Morgan fingerprint density at radius 1 is 1.33 bits per heavy atom. The summed E-state index contributed by atoms with van der Waals surface area (Å²) < 4.78 is 1.30. The lowest BCUT2D eigenvalue weighted by molar-refractivity contribution is 0.617. The normalized spacial score (nSPS) is 26.3. The number of rotatable bonds is 2. The molecule has 1 heterocycles. The fourth-order valence-corrected chi connectivity index (χ4v) is 3.37. The molecule has 2 atom stereocenters. The minimum Gasteiger partial charge on any atom is -0.381 e. The number of halogens is 1. The zero-order chi connectivity index (χ0) is 10.7. The Morgan fingerprint density at radius 2 is 2.07 bits per heavy atom. The highest BCUT2D eigenvalue weighted by Crippen LogP contribution is 2.27. The molecular formula is C12H16INS. The summed E-state index contributed by atoms with van der Waals surface area (Å²) >= 11 is 4.42. The second-order valence-corrected chi connectivity index (χ2v) is 6.71. The Morgan fingerprint density at radius 3 is 2.73 bits per heavy atom. The van der Waals surface area contributed by atoms with Crippen molar-refractivity contribution in [3.63, 3.8) is 0 Å². The van der Waals surface area contributed by atoms with Gasteiger partial charge in [-0.1, -0.05) is 6.92 Å². The van der Waals surface area contributed by atoms with Gasteiger partial charge >= 0.3 is 0 Å². The van der Waals surface area contributed by atoms with Crippen LogP contribution in [0.1, 0.15) is 19.8 Å². The van der Waals surface area contributed by atoms with E-state index in [9.17, 15) is 0 Å². The van der Waals surface area contributed by atoms with Crippen LogP contribution in [0.3, 0.4) is 0 Å². The summed E-state index contributed by atoms with van der Waals surface area (Å²) in [5.41, 5.74) is 1.26. The standard InChI is InChI=1S/C12H16INS/c1-9-12(3-2-8-15-9)14-11-6-4-10(13)5-7-11/h4-7,9,12,14H,2-3,8H2,1H3. The second kappa shape index (κ2) is 5.43. The first-order chi connectivity index (χ1) is 7.25. The van der Waals surface area contributed by atoms with Crippen LogP contribution in [0.25, 0.3) is 0 Å². The van der Waals surface area contributed by atoms with Crippen LogP contribution in [-0.2, 0) is 0 Å². The second-order valence-electron chi connectivity index (χ2n) is 3.98. The van der Waals surface area contributed by atoms with Crippen LogP contribution in [0.5, 0.6) is 0 Å². The van der Waals surface area contributed by atoms with Crippen molar-refractivity contribution in [1.82, 2.24) is 0 Å². The largest absolute Gasteiger partial charge is 0.381 e. The average molecular weight is 333 g/mol. The predicted molar refractivity (Wildman–Crippen MR) is 77.7 cm³/mol. The number of anilines is 1. The fourth-order valence-electron chi connectivity index (χ4n) is 1.87. The maximum absolute atomic E-state index is 3.63. The van der Waals surface area contributed by atoms with E-state index in [1.165, 1.54) is 27.9 Å². The molecule has 1 saturated heterocycles. The number of thioether (sulfide) groups is 1. The summed E-state index contributed by atoms with van der Waals surface area (Å²) in [6, 6.07) is 9.30. The summed E-state index contributed by atoms with van der Waals surface area (Å²) in [6.45, 7) is 2.33. The lowest BCUT2D eigenvalue weighted by atomic mass is 10.1. The van der Waals surface area contributed by atoms with Crippen molar-refractivity contribution < 1.29 is 0 Å². The van der Waals surface area contributed by atoms with Gasteiger partial charge in [-0.05, 0) is 65.5 Å². The van der Waals surface area contributed by atoms with Crippen LogP contribution in [0.2, 0.25) is 0 Å². The Hall–Kier alpha value is 0.1000. The molecule has 1 aliphatic heterocycles. The Kier molecular flexibility index (Phi) is 4.20. The third-order valence-corrected chi connectivity index (χ3v) is 4.90. The van der Waals surface area contributed by atoms with E-state index in [0.29, 0.717) is 6.04 Å². The monoisotopic (exact) mass is 333 g/mol. The van der Waals surface area contributed by atoms with Gasteiger partial charge in [0.05, 0.1) is 0 Å². The van der Waals surface area contributed by atoms with E-state index < -0.39 is 0 Å². The Labute approximate surface area is 110 Å². The van der Waals surface area contributed by atoms with Gasteiger partial charge in [-0.2, -0.15) is 11.8 Å². The molecular weight excluding hydrogens is 317 g/mol. The van der Waals surface area contributed by atoms with Crippen molar-refractivity contribution in [2.45, 2.75) is 31.1 Å². The van der Waals surface area contributed by atoms with E-state index in [1.54, 1.807) is 0 Å². The van der Waals surface area contributed by atoms with Crippen molar-refractivity contribution in [1.29, 1.82) is 0 Å². The van der Waals surface area contributed by atoms with Gasteiger partial charge in [0.1, 0.15) is 0 Å². The molecule has 1 aliphatic rings. The highest BCUT2D eigenvalue weighted by Gasteiger charge is 2.21. The summed E-state index contributed by atoms with van der Waals surface area (Å²) in [5, 5.41) is 4.37. The number of nitrogens with one attached hydrogen (secondary N) is 1. The van der Waals surface area contributed by atoms with Gasteiger partial charge in [-0.25, -0.2) is 0 Å². The summed E-state index contributed by atoms with van der Waals surface area (Å²) in [4.78, 5) is 0. The maximum atomic E-state index is 3.63. The number of hydrogen-bond acceptors (Lipinski definition) is 2. The molecule has 0 aromatic heterocycles. The Bertz CT molecular complexity index is 312. The minimum absolute atomic E-state index is 0.642. The lowest BCUT2D eigenvalue weighted by Crippen LogP contribution is -2.32. The Balaban J connectivity index is 1.98. The quantitative estimate of drug-likeness (QED) is 0.822. The van der Waals surface area contributed by atoms with Crippen molar-refractivity contribution in [2.75, 3.05) is 11.1 Å². The van der Waals surface area contributed by atoms with Crippen LogP contribution < -0.4 is 5.32 Å². The molecule has 82 valence electrons. The average Bonchev–Trinajstić information content (AvgIpc) is 2.25. The topological polar surface area (TPSA) is 12.0 Å². The highest BCUT2D eigenvalue weighted by molar-refractivity contribution is 14.1. The zero-order valence-electron chi connectivity index (χ0n) is 8.87. The van der Waals surface area contributed by atoms with Crippen molar-refractivity contribution in [2.24, 2.45) is 0 Å². The maximum Gasteiger partial charge on any atom is 0.0377 e. The molecule has 1 nitrogen and oxygen atoms in total. The summed E-state index contributed by atoms with van der Waals surface area (Å²) in [6.07, 6.45) is 2.65. The van der Waals surface area contributed by atoms with Gasteiger partial charge in [0.25, 0.3) is 0 Å². The molecule has 2 unspecified atom stereocenters. The molecule has 0 radical (unpaired) electrons. The third-order valence-electron chi connectivity index (χ3n) is 2.80. The molecule has 0 saturated carbocycles. The zero-order valence-corrected chi connectivity index (χ0v) is 11.8. The molecule has 0 aliphatic carbocycles.